The van der Waals surface area contributed by atoms with E-state index in [2.05, 4.69) is 5.32 Å². The van der Waals surface area contributed by atoms with E-state index < -0.39 is 20.2 Å². The molecule has 0 saturated heterocycles. The third-order valence-electron chi connectivity index (χ3n) is 3.77. The van der Waals surface area contributed by atoms with E-state index in [0.717, 1.165) is 18.2 Å². The Morgan fingerprint density at radius 2 is 1.29 bits per heavy atom. The highest BCUT2D eigenvalue weighted by Gasteiger charge is 2.16. The summed E-state index contributed by atoms with van der Waals surface area (Å²) < 4.78 is 61.3. The molecule has 0 aliphatic heterocycles. The highest BCUT2D eigenvalue weighted by atomic mass is 32.2. The van der Waals surface area contributed by atoms with Gasteiger partial charge in [-0.15, -0.1) is 0 Å². The minimum atomic E-state index is -4.35. The van der Waals surface area contributed by atoms with Crippen molar-refractivity contribution in [2.45, 2.75) is 9.79 Å². The first-order valence-corrected chi connectivity index (χ1v) is 11.2. The minimum Gasteiger partial charge on any atom is -0.506 e. The molecule has 13 heteroatoms. The van der Waals surface area contributed by atoms with Crippen LogP contribution in [0, 0.1) is 0 Å². The molecule has 0 aliphatic carbocycles. The van der Waals surface area contributed by atoms with Crippen molar-refractivity contribution in [1.29, 1.82) is 0 Å². The summed E-state index contributed by atoms with van der Waals surface area (Å²) in [6, 6.07) is 14.1. The van der Waals surface area contributed by atoms with E-state index in [9.17, 15) is 21.4 Å². The van der Waals surface area contributed by atoms with Gasteiger partial charge in [0.1, 0.15) is 10.6 Å². The monoisotopic (exact) mass is 468 g/mol. The second-order valence-corrected chi connectivity index (χ2v) is 8.98. The maximum Gasteiger partial charge on any atom is 0.296 e. The van der Waals surface area contributed by atoms with E-state index in [1.165, 1.54) is 18.2 Å². The normalized spacial score (nSPS) is 11.3. The second kappa shape index (κ2) is 9.09. The van der Waals surface area contributed by atoms with Crippen molar-refractivity contribution in [2.24, 2.45) is 0 Å². The summed E-state index contributed by atoms with van der Waals surface area (Å²) >= 11 is 0. The van der Waals surface area contributed by atoms with E-state index in [4.69, 9.17) is 26.9 Å². The van der Waals surface area contributed by atoms with Crippen LogP contribution in [0.25, 0.3) is 0 Å². The van der Waals surface area contributed by atoms with Gasteiger partial charge in [-0.1, -0.05) is 0 Å². The number of hydrogen-bond donors (Lipinski definition) is 7. The Morgan fingerprint density at radius 3 is 1.81 bits per heavy atom. The zero-order chi connectivity index (χ0) is 23.4. The number of nitrogens with one attached hydrogen (secondary N) is 1. The molecular formula is C18H20N4O7S2. The molecule has 0 bridgehead atoms. The Kier molecular flexibility index (Phi) is 6.97. The fourth-order valence-corrected chi connectivity index (χ4v) is 3.47. The molecule has 3 rings (SSSR count). The van der Waals surface area contributed by atoms with Gasteiger partial charge in [-0.2, -0.15) is 16.8 Å². The lowest BCUT2D eigenvalue weighted by Crippen LogP contribution is -2.04. The molecule has 0 amide bonds. The zero-order valence-corrected chi connectivity index (χ0v) is 17.4. The Morgan fingerprint density at radius 1 is 0.710 bits per heavy atom. The molecule has 0 fully saturated rings. The maximum absolute atomic E-state index is 11.3. The van der Waals surface area contributed by atoms with Gasteiger partial charge in [-0.3, -0.25) is 9.11 Å². The van der Waals surface area contributed by atoms with E-state index >= 15 is 0 Å². The average molecular weight is 469 g/mol. The van der Waals surface area contributed by atoms with Crippen molar-refractivity contribution in [3.8, 4) is 5.75 Å². The molecule has 166 valence electrons. The Bertz CT molecular complexity index is 1290. The van der Waals surface area contributed by atoms with Crippen LogP contribution in [0.1, 0.15) is 0 Å². The molecule has 0 saturated carbocycles. The van der Waals surface area contributed by atoms with Crippen LogP contribution in [0.3, 0.4) is 0 Å². The minimum absolute atomic E-state index is 0.0925. The highest BCUT2D eigenvalue weighted by molar-refractivity contribution is 7.86. The predicted molar refractivity (Wildman–Crippen MR) is 117 cm³/mol. The number of benzene rings is 3. The molecule has 3 aromatic carbocycles. The van der Waals surface area contributed by atoms with Crippen LogP contribution in [0.15, 0.2) is 70.5 Å². The van der Waals surface area contributed by atoms with E-state index in [1.54, 1.807) is 24.3 Å². The second-order valence-electron chi connectivity index (χ2n) is 6.17. The van der Waals surface area contributed by atoms with Crippen molar-refractivity contribution >= 4 is 48.7 Å². The van der Waals surface area contributed by atoms with Gasteiger partial charge < -0.3 is 27.6 Å². The predicted octanol–water partition coefficient (Wildman–Crippen LogP) is 2.06. The first kappa shape index (κ1) is 23.8. The number of nitrogens with two attached hydrogens (primary N) is 3. The quantitative estimate of drug-likeness (QED) is 0.167. The number of phenolic OH excluding ortho intramolecular Hbond substituents is 1. The Labute approximate surface area is 178 Å². The zero-order valence-electron chi connectivity index (χ0n) is 15.8. The van der Waals surface area contributed by atoms with Crippen LogP contribution in [0.5, 0.6) is 5.75 Å². The largest absolute Gasteiger partial charge is 0.506 e. The third kappa shape index (κ3) is 6.75. The van der Waals surface area contributed by atoms with Gasteiger partial charge >= 0.3 is 0 Å². The SMILES string of the molecule is Nc1cc(S(=O)(=O)O)ccc1O.Nc1ccc(Nc2ccc(N)cc2S(=O)(=O)O)cc1. The lowest BCUT2D eigenvalue weighted by atomic mass is 10.2. The number of anilines is 5. The van der Waals surface area contributed by atoms with Crippen molar-refractivity contribution in [3.63, 3.8) is 0 Å². The molecule has 0 aromatic heterocycles. The van der Waals surface area contributed by atoms with Gasteiger partial charge in [-0.25, -0.2) is 0 Å². The first-order chi connectivity index (χ1) is 14.3. The standard InChI is InChI=1S/C12H13N3O3S.C6H7NO4S/c13-8-1-4-10(5-2-8)15-11-6-3-9(14)7-12(11)19(16,17)18;7-5-3-4(12(9,10)11)1-2-6(5)8/h1-7,15H,13-14H2,(H,16,17,18);1-3,8H,7H2,(H,9,10,11). The van der Waals surface area contributed by atoms with Gasteiger partial charge in [0.15, 0.2) is 0 Å². The molecule has 0 aliphatic rings. The highest BCUT2D eigenvalue weighted by Crippen LogP contribution is 2.27. The molecule has 0 heterocycles. The molecule has 0 atom stereocenters. The fraction of sp³-hybridized carbons (Fsp3) is 0. The summed E-state index contributed by atoms with van der Waals surface area (Å²) in [5.41, 5.74) is 17.9. The van der Waals surface area contributed by atoms with Crippen molar-refractivity contribution in [2.75, 3.05) is 22.5 Å². The third-order valence-corrected chi connectivity index (χ3v) is 5.51. The van der Waals surface area contributed by atoms with E-state index in [0.29, 0.717) is 11.4 Å². The molecule has 0 radical (unpaired) electrons. The number of nitrogen functional groups attached to an aromatic ring is 3. The summed E-state index contributed by atoms with van der Waals surface area (Å²) in [6.07, 6.45) is 0. The maximum atomic E-state index is 11.3. The van der Waals surface area contributed by atoms with Crippen LogP contribution in [-0.4, -0.2) is 31.0 Å². The smallest absolute Gasteiger partial charge is 0.296 e. The molecule has 10 N–H and O–H groups in total. The summed E-state index contributed by atoms with van der Waals surface area (Å²) in [5, 5.41) is 11.8. The number of aromatic hydroxyl groups is 1. The first-order valence-electron chi connectivity index (χ1n) is 8.33. The summed E-state index contributed by atoms with van der Waals surface area (Å²) in [7, 11) is -8.58. The van der Waals surface area contributed by atoms with Gasteiger partial charge in [0.2, 0.25) is 0 Å². The number of rotatable bonds is 4. The lowest BCUT2D eigenvalue weighted by molar-refractivity contribution is 0.474. The van der Waals surface area contributed by atoms with Gasteiger partial charge in [0.25, 0.3) is 20.2 Å². The molecule has 11 nitrogen and oxygen atoms in total. The molecule has 3 aromatic rings. The fourth-order valence-electron chi connectivity index (χ4n) is 2.27. The van der Waals surface area contributed by atoms with Crippen molar-refractivity contribution < 1.29 is 31.0 Å². The topological polar surface area (TPSA) is 219 Å². The summed E-state index contributed by atoms with van der Waals surface area (Å²) in [4.78, 5) is -0.609. The van der Waals surface area contributed by atoms with Crippen molar-refractivity contribution in [1.82, 2.24) is 0 Å². The Balaban J connectivity index is 0.000000245. The van der Waals surface area contributed by atoms with Crippen LogP contribution in [0.4, 0.5) is 28.4 Å². The number of hydrogen-bond acceptors (Lipinski definition) is 9. The van der Waals surface area contributed by atoms with Crippen LogP contribution in [0.2, 0.25) is 0 Å². The van der Waals surface area contributed by atoms with Crippen LogP contribution >= 0.6 is 0 Å². The number of phenols is 1. The van der Waals surface area contributed by atoms with Crippen LogP contribution < -0.4 is 22.5 Å². The summed E-state index contributed by atoms with van der Waals surface area (Å²) in [6.45, 7) is 0. The molecule has 0 unspecified atom stereocenters. The lowest BCUT2D eigenvalue weighted by Gasteiger charge is -2.11. The summed E-state index contributed by atoms with van der Waals surface area (Å²) in [5.74, 6) is -0.220. The average Bonchev–Trinajstić information content (AvgIpc) is 2.66. The van der Waals surface area contributed by atoms with Gasteiger partial charge in [0, 0.05) is 17.1 Å². The van der Waals surface area contributed by atoms with Gasteiger partial charge in [0.05, 0.1) is 16.3 Å². The van der Waals surface area contributed by atoms with Gasteiger partial charge in [-0.05, 0) is 60.7 Å². The van der Waals surface area contributed by atoms with Crippen molar-refractivity contribution in [3.05, 3.63) is 60.7 Å². The van der Waals surface area contributed by atoms with Crippen LogP contribution in [-0.2, 0) is 20.2 Å². The van der Waals surface area contributed by atoms with E-state index in [1.807, 2.05) is 0 Å². The van der Waals surface area contributed by atoms with E-state index in [-0.39, 0.29) is 32.6 Å². The molecule has 0 spiro atoms. The molecule has 31 heavy (non-hydrogen) atoms. The molecular weight excluding hydrogens is 448 g/mol. The Hall–Kier alpha value is -3.52.